The van der Waals surface area contributed by atoms with E-state index in [1.807, 2.05) is 18.7 Å². The Balaban J connectivity index is 2.17. The zero-order valence-corrected chi connectivity index (χ0v) is 13.4. The van der Waals surface area contributed by atoms with E-state index in [0.29, 0.717) is 26.2 Å². The van der Waals surface area contributed by atoms with E-state index in [-0.39, 0.29) is 23.9 Å². The molecule has 1 rings (SSSR count). The number of carbonyl (C=O) groups is 2. The fourth-order valence-electron chi connectivity index (χ4n) is 2.44. The van der Waals surface area contributed by atoms with E-state index in [2.05, 4.69) is 5.32 Å². The van der Waals surface area contributed by atoms with Gasteiger partial charge in [-0.25, -0.2) is 0 Å². The van der Waals surface area contributed by atoms with Crippen LogP contribution in [0, 0.1) is 5.92 Å². The van der Waals surface area contributed by atoms with Crippen LogP contribution in [-0.4, -0.2) is 62.8 Å². The first kappa shape index (κ1) is 17.9. The van der Waals surface area contributed by atoms with Crippen molar-refractivity contribution >= 4 is 11.9 Å². The smallest absolute Gasteiger partial charge is 0.309 e. The average molecular weight is 300 g/mol. The van der Waals surface area contributed by atoms with E-state index in [0.717, 1.165) is 25.8 Å². The first-order valence-electron chi connectivity index (χ1n) is 7.71. The Morgan fingerprint density at radius 3 is 2.81 bits per heavy atom. The van der Waals surface area contributed by atoms with Gasteiger partial charge in [0, 0.05) is 19.7 Å². The van der Waals surface area contributed by atoms with Crippen molar-refractivity contribution in [2.24, 2.45) is 5.92 Å². The molecule has 0 aromatic carbocycles. The number of methoxy groups -OCH3 is 1. The van der Waals surface area contributed by atoms with Crippen LogP contribution in [0.4, 0.5) is 0 Å². The molecule has 0 bridgehead atoms. The maximum Gasteiger partial charge on any atom is 0.309 e. The normalized spacial score (nSPS) is 19.5. The number of nitrogens with one attached hydrogen (secondary N) is 1. The minimum atomic E-state index is -0.175. The molecule has 0 spiro atoms. The van der Waals surface area contributed by atoms with Crippen molar-refractivity contribution in [2.75, 3.05) is 39.9 Å². The summed E-state index contributed by atoms with van der Waals surface area (Å²) in [6, 6.07) is 0. The van der Waals surface area contributed by atoms with Crippen LogP contribution in [0.15, 0.2) is 0 Å². The summed E-state index contributed by atoms with van der Waals surface area (Å²) in [5.41, 5.74) is 0. The Labute approximate surface area is 127 Å². The summed E-state index contributed by atoms with van der Waals surface area (Å²) in [6.45, 7) is 7.08. The van der Waals surface area contributed by atoms with Crippen molar-refractivity contribution in [3.63, 3.8) is 0 Å². The summed E-state index contributed by atoms with van der Waals surface area (Å²) in [6.07, 6.45) is 2.81. The van der Waals surface area contributed by atoms with Gasteiger partial charge in [0.2, 0.25) is 5.91 Å². The van der Waals surface area contributed by atoms with Gasteiger partial charge in [-0.2, -0.15) is 0 Å². The molecule has 0 aliphatic carbocycles. The van der Waals surface area contributed by atoms with E-state index < -0.39 is 0 Å². The molecule has 6 heteroatoms. The zero-order chi connectivity index (χ0) is 15.7. The Morgan fingerprint density at radius 1 is 1.38 bits per heavy atom. The van der Waals surface area contributed by atoms with Crippen LogP contribution in [0.1, 0.15) is 33.1 Å². The summed E-state index contributed by atoms with van der Waals surface area (Å²) in [7, 11) is 1.41. The number of amides is 1. The fourth-order valence-corrected chi connectivity index (χ4v) is 2.44. The molecule has 1 amide bonds. The monoisotopic (exact) mass is 300 g/mol. The molecule has 1 heterocycles. The van der Waals surface area contributed by atoms with E-state index in [9.17, 15) is 9.59 Å². The molecule has 122 valence electrons. The number of nitrogens with zero attached hydrogens (tertiary/aromatic N) is 1. The van der Waals surface area contributed by atoms with Gasteiger partial charge in [-0.1, -0.05) is 0 Å². The summed E-state index contributed by atoms with van der Waals surface area (Å²) < 4.78 is 10.2. The lowest BCUT2D eigenvalue weighted by Crippen LogP contribution is -2.44. The molecule has 1 saturated heterocycles. The molecule has 1 N–H and O–H groups in total. The van der Waals surface area contributed by atoms with Gasteiger partial charge < -0.3 is 14.8 Å². The lowest BCUT2D eigenvalue weighted by molar-refractivity contribution is -0.147. The third-order valence-corrected chi connectivity index (χ3v) is 3.50. The largest absolute Gasteiger partial charge is 0.469 e. The first-order valence-corrected chi connectivity index (χ1v) is 7.71. The first-order chi connectivity index (χ1) is 10.0. The van der Waals surface area contributed by atoms with Crippen molar-refractivity contribution in [2.45, 2.75) is 39.2 Å². The number of hydrogen-bond donors (Lipinski definition) is 1. The second-order valence-electron chi connectivity index (χ2n) is 5.72. The van der Waals surface area contributed by atoms with Gasteiger partial charge in [-0.05, 0) is 39.7 Å². The molecule has 0 aromatic rings. The van der Waals surface area contributed by atoms with Crippen molar-refractivity contribution < 1.29 is 19.1 Å². The minimum Gasteiger partial charge on any atom is -0.469 e. The lowest BCUT2D eigenvalue weighted by atomic mass is 9.98. The van der Waals surface area contributed by atoms with Gasteiger partial charge in [0.25, 0.3) is 0 Å². The van der Waals surface area contributed by atoms with Gasteiger partial charge in [0.1, 0.15) is 0 Å². The molecule has 1 aliphatic heterocycles. The van der Waals surface area contributed by atoms with Gasteiger partial charge >= 0.3 is 5.97 Å². The average Bonchev–Trinajstić information content (AvgIpc) is 2.46. The molecule has 21 heavy (non-hydrogen) atoms. The number of hydrogen-bond acceptors (Lipinski definition) is 5. The highest BCUT2D eigenvalue weighted by Crippen LogP contribution is 2.17. The molecule has 6 nitrogen and oxygen atoms in total. The molecule has 1 unspecified atom stereocenters. The van der Waals surface area contributed by atoms with E-state index >= 15 is 0 Å². The highest BCUT2D eigenvalue weighted by molar-refractivity contribution is 5.78. The highest BCUT2D eigenvalue weighted by atomic mass is 16.5. The van der Waals surface area contributed by atoms with Gasteiger partial charge in [-0.3, -0.25) is 14.5 Å². The predicted octanol–water partition coefficient (Wildman–Crippen LogP) is 0.803. The summed E-state index contributed by atoms with van der Waals surface area (Å²) in [5.74, 6) is -0.271. The SMILES string of the molecule is COC(=O)C1CCCN(CC(=O)NCCCOC(C)C)C1. The molecular weight excluding hydrogens is 272 g/mol. The Morgan fingerprint density at radius 2 is 2.14 bits per heavy atom. The zero-order valence-electron chi connectivity index (χ0n) is 13.4. The second kappa shape index (κ2) is 9.73. The Hall–Kier alpha value is -1.14. The molecule has 0 radical (unpaired) electrons. The quantitative estimate of drug-likeness (QED) is 0.530. The van der Waals surface area contributed by atoms with Crippen LogP contribution in [0.25, 0.3) is 0 Å². The van der Waals surface area contributed by atoms with Gasteiger partial charge in [0.05, 0.1) is 25.7 Å². The van der Waals surface area contributed by atoms with Crippen LogP contribution < -0.4 is 5.32 Å². The van der Waals surface area contributed by atoms with Crippen molar-refractivity contribution in [1.82, 2.24) is 10.2 Å². The van der Waals surface area contributed by atoms with E-state index in [1.54, 1.807) is 0 Å². The number of ether oxygens (including phenoxy) is 2. The topological polar surface area (TPSA) is 67.9 Å². The molecule has 0 saturated carbocycles. The standard InChI is InChI=1S/C15H28N2O4/c1-12(2)21-9-5-7-16-14(18)11-17-8-4-6-13(10-17)15(19)20-3/h12-13H,4-11H2,1-3H3,(H,16,18). The summed E-state index contributed by atoms with van der Waals surface area (Å²) in [5, 5.41) is 2.88. The summed E-state index contributed by atoms with van der Waals surface area (Å²) in [4.78, 5) is 25.4. The van der Waals surface area contributed by atoms with Gasteiger partial charge in [0.15, 0.2) is 0 Å². The molecule has 1 aliphatic rings. The minimum absolute atomic E-state index is 0.00469. The van der Waals surface area contributed by atoms with E-state index in [4.69, 9.17) is 9.47 Å². The summed E-state index contributed by atoms with van der Waals surface area (Å²) >= 11 is 0. The van der Waals surface area contributed by atoms with Crippen molar-refractivity contribution in [1.29, 1.82) is 0 Å². The maximum atomic E-state index is 11.8. The third-order valence-electron chi connectivity index (χ3n) is 3.50. The fraction of sp³-hybridized carbons (Fsp3) is 0.867. The third kappa shape index (κ3) is 7.43. The highest BCUT2D eigenvalue weighted by Gasteiger charge is 2.27. The number of esters is 1. The van der Waals surface area contributed by atoms with Crippen LogP contribution in [-0.2, 0) is 19.1 Å². The van der Waals surface area contributed by atoms with Crippen LogP contribution in [0.5, 0.6) is 0 Å². The number of likely N-dealkylation sites (tertiary alicyclic amines) is 1. The lowest BCUT2D eigenvalue weighted by Gasteiger charge is -2.30. The molecule has 1 atom stereocenters. The molecule has 0 aromatic heterocycles. The molecule has 1 fully saturated rings. The predicted molar refractivity (Wildman–Crippen MR) is 79.9 cm³/mol. The molecular formula is C15H28N2O4. The second-order valence-corrected chi connectivity index (χ2v) is 5.72. The van der Waals surface area contributed by atoms with Crippen LogP contribution in [0.2, 0.25) is 0 Å². The van der Waals surface area contributed by atoms with Crippen molar-refractivity contribution in [3.05, 3.63) is 0 Å². The number of rotatable bonds is 8. The van der Waals surface area contributed by atoms with Crippen LogP contribution >= 0.6 is 0 Å². The Bertz CT molecular complexity index is 334. The van der Waals surface area contributed by atoms with Gasteiger partial charge in [-0.15, -0.1) is 0 Å². The number of carbonyl (C=O) groups excluding carboxylic acids is 2. The number of piperidine rings is 1. The van der Waals surface area contributed by atoms with Crippen LogP contribution in [0.3, 0.4) is 0 Å². The van der Waals surface area contributed by atoms with E-state index in [1.165, 1.54) is 7.11 Å². The maximum absolute atomic E-state index is 11.8. The Kier molecular flexibility index (Phi) is 8.30. The van der Waals surface area contributed by atoms with Crippen molar-refractivity contribution in [3.8, 4) is 0 Å².